The fourth-order valence-corrected chi connectivity index (χ4v) is 3.65. The van der Waals surface area contributed by atoms with Crippen molar-refractivity contribution in [3.8, 4) is 0 Å². The van der Waals surface area contributed by atoms with Gasteiger partial charge in [0.2, 0.25) is 0 Å². The maximum absolute atomic E-state index is 11.6. The third-order valence-electron chi connectivity index (χ3n) is 4.53. The Morgan fingerprint density at radius 2 is 1.58 bits per heavy atom. The second-order valence-electron chi connectivity index (χ2n) is 5.68. The molecule has 3 aliphatic rings. The number of rotatable bonds is 1. The van der Waals surface area contributed by atoms with Crippen LogP contribution in [0.1, 0.15) is 26.2 Å². The Labute approximate surface area is 109 Å². The fourth-order valence-electron chi connectivity index (χ4n) is 3.65. The van der Waals surface area contributed by atoms with E-state index in [1.807, 2.05) is 6.92 Å². The maximum Gasteiger partial charge on any atom is 0.317 e. The summed E-state index contributed by atoms with van der Waals surface area (Å²) in [6, 6.07) is 0. The molecule has 0 N–H and O–H groups in total. The fraction of sp³-hybridized carbons (Fsp3) is 0.692. The summed E-state index contributed by atoms with van der Waals surface area (Å²) in [4.78, 5) is 46.0. The molecule has 19 heavy (non-hydrogen) atoms. The average Bonchev–Trinajstić information content (AvgIpc) is 2.80. The number of fused-ring (bicyclic) bond motifs is 1. The molecule has 6 heteroatoms. The van der Waals surface area contributed by atoms with E-state index in [0.717, 1.165) is 0 Å². The lowest BCUT2D eigenvalue weighted by Gasteiger charge is -2.34. The second-order valence-corrected chi connectivity index (χ2v) is 5.68. The maximum atomic E-state index is 11.6. The van der Waals surface area contributed by atoms with Crippen molar-refractivity contribution in [2.24, 2.45) is 29.6 Å². The van der Waals surface area contributed by atoms with Crippen LogP contribution in [0.4, 0.5) is 0 Å². The van der Waals surface area contributed by atoms with E-state index in [0.29, 0.717) is 12.8 Å². The second kappa shape index (κ2) is 4.15. The first kappa shape index (κ1) is 12.3. The van der Waals surface area contributed by atoms with Crippen molar-refractivity contribution in [1.82, 2.24) is 0 Å². The topological polar surface area (TPSA) is 86.7 Å². The van der Waals surface area contributed by atoms with E-state index < -0.39 is 41.6 Å². The van der Waals surface area contributed by atoms with Crippen LogP contribution in [-0.4, -0.2) is 23.9 Å². The zero-order valence-electron chi connectivity index (χ0n) is 10.5. The smallest absolute Gasteiger partial charge is 0.317 e. The van der Waals surface area contributed by atoms with E-state index in [2.05, 4.69) is 9.47 Å². The molecule has 2 aliphatic heterocycles. The van der Waals surface area contributed by atoms with Gasteiger partial charge in [-0.05, 0) is 24.7 Å². The molecule has 1 saturated carbocycles. The van der Waals surface area contributed by atoms with Gasteiger partial charge < -0.3 is 9.47 Å². The molecule has 0 aromatic rings. The lowest BCUT2D eigenvalue weighted by Crippen LogP contribution is -2.37. The van der Waals surface area contributed by atoms with E-state index in [-0.39, 0.29) is 18.3 Å². The number of ether oxygens (including phenoxy) is 2. The molecule has 0 radical (unpaired) electrons. The highest BCUT2D eigenvalue weighted by Gasteiger charge is 2.53. The first-order valence-electron chi connectivity index (χ1n) is 6.47. The van der Waals surface area contributed by atoms with Gasteiger partial charge in [-0.25, -0.2) is 0 Å². The molecule has 3 fully saturated rings. The quantitative estimate of drug-likeness (QED) is 0.505. The summed E-state index contributed by atoms with van der Waals surface area (Å²) >= 11 is 0. The summed E-state index contributed by atoms with van der Waals surface area (Å²) in [6.45, 7) is 1.88. The SMILES string of the molecule is C[C@@H]1CC(C2CC(=O)OC2=O)CC2C(=O)OC(=O)C21. The van der Waals surface area contributed by atoms with Crippen LogP contribution in [0.25, 0.3) is 0 Å². The van der Waals surface area contributed by atoms with E-state index in [1.54, 1.807) is 0 Å². The Morgan fingerprint density at radius 1 is 0.895 bits per heavy atom. The van der Waals surface area contributed by atoms with Crippen molar-refractivity contribution in [2.75, 3.05) is 0 Å². The predicted molar refractivity (Wildman–Crippen MR) is 59.2 cm³/mol. The van der Waals surface area contributed by atoms with Crippen molar-refractivity contribution in [3.63, 3.8) is 0 Å². The van der Waals surface area contributed by atoms with E-state index in [1.165, 1.54) is 0 Å². The largest absolute Gasteiger partial charge is 0.393 e. The van der Waals surface area contributed by atoms with E-state index in [4.69, 9.17) is 0 Å². The van der Waals surface area contributed by atoms with Crippen molar-refractivity contribution < 1.29 is 28.7 Å². The molecule has 1 aliphatic carbocycles. The van der Waals surface area contributed by atoms with E-state index in [9.17, 15) is 19.2 Å². The first-order chi connectivity index (χ1) is 8.97. The standard InChI is InChI=1S/C13H14O6/c1-5-2-6(7-4-9(14)18-11(7)15)3-8-10(5)13(17)19-12(8)16/h5-8,10H,2-4H2,1H3/t5-,6?,7?,8?,10?/m1/s1. The summed E-state index contributed by atoms with van der Waals surface area (Å²) < 4.78 is 9.24. The van der Waals surface area contributed by atoms with Crippen molar-refractivity contribution in [1.29, 1.82) is 0 Å². The Hall–Kier alpha value is -1.72. The van der Waals surface area contributed by atoms with Crippen LogP contribution < -0.4 is 0 Å². The number of hydrogen-bond acceptors (Lipinski definition) is 6. The molecule has 5 atom stereocenters. The van der Waals surface area contributed by atoms with Gasteiger partial charge in [0.25, 0.3) is 0 Å². The molecule has 0 bridgehead atoms. The predicted octanol–water partition coefficient (Wildman–Crippen LogP) is 0.438. The van der Waals surface area contributed by atoms with Crippen molar-refractivity contribution in [2.45, 2.75) is 26.2 Å². The summed E-state index contributed by atoms with van der Waals surface area (Å²) in [5.74, 6) is -3.40. The van der Waals surface area contributed by atoms with Crippen molar-refractivity contribution >= 4 is 23.9 Å². The molecule has 0 aromatic carbocycles. The normalized spacial score (nSPS) is 42.1. The van der Waals surface area contributed by atoms with Gasteiger partial charge in [-0.2, -0.15) is 0 Å². The minimum atomic E-state index is -0.505. The first-order valence-corrected chi connectivity index (χ1v) is 6.47. The molecule has 2 saturated heterocycles. The Kier molecular flexibility index (Phi) is 2.69. The lowest BCUT2D eigenvalue weighted by atomic mass is 9.66. The summed E-state index contributed by atoms with van der Waals surface area (Å²) in [7, 11) is 0. The Morgan fingerprint density at radius 3 is 2.21 bits per heavy atom. The minimum Gasteiger partial charge on any atom is -0.393 e. The van der Waals surface area contributed by atoms with Crippen LogP contribution in [-0.2, 0) is 28.7 Å². The number of esters is 4. The van der Waals surface area contributed by atoms with Gasteiger partial charge in [0.1, 0.15) is 0 Å². The molecule has 2 heterocycles. The van der Waals surface area contributed by atoms with Gasteiger partial charge >= 0.3 is 23.9 Å². The van der Waals surface area contributed by atoms with Gasteiger partial charge in [0, 0.05) is 0 Å². The highest BCUT2D eigenvalue weighted by molar-refractivity contribution is 5.97. The van der Waals surface area contributed by atoms with Crippen LogP contribution in [0.5, 0.6) is 0 Å². The third kappa shape index (κ3) is 1.86. The minimum absolute atomic E-state index is 0.0220. The van der Waals surface area contributed by atoms with E-state index >= 15 is 0 Å². The number of cyclic esters (lactones) is 4. The average molecular weight is 266 g/mol. The van der Waals surface area contributed by atoms with Crippen LogP contribution in [0, 0.1) is 29.6 Å². The van der Waals surface area contributed by atoms with Crippen LogP contribution in [0.15, 0.2) is 0 Å². The lowest BCUT2D eigenvalue weighted by molar-refractivity contribution is -0.156. The number of hydrogen-bond donors (Lipinski definition) is 0. The molecule has 3 rings (SSSR count). The number of carbonyl (C=O) groups is 4. The summed E-state index contributed by atoms with van der Waals surface area (Å²) in [6.07, 6.45) is 1.14. The molecule has 0 aromatic heterocycles. The van der Waals surface area contributed by atoms with Crippen LogP contribution in [0.3, 0.4) is 0 Å². The van der Waals surface area contributed by atoms with Crippen molar-refractivity contribution in [3.05, 3.63) is 0 Å². The molecular formula is C13H14O6. The summed E-state index contributed by atoms with van der Waals surface area (Å²) in [5, 5.41) is 0. The molecule has 102 valence electrons. The highest BCUT2D eigenvalue weighted by Crippen LogP contribution is 2.46. The Bertz CT molecular complexity index is 482. The molecule has 0 spiro atoms. The third-order valence-corrected chi connectivity index (χ3v) is 4.53. The monoisotopic (exact) mass is 266 g/mol. The zero-order chi connectivity index (χ0) is 13.7. The molecular weight excluding hydrogens is 252 g/mol. The Balaban J connectivity index is 1.80. The van der Waals surface area contributed by atoms with Gasteiger partial charge in [0.05, 0.1) is 24.2 Å². The van der Waals surface area contributed by atoms with Gasteiger partial charge in [-0.15, -0.1) is 0 Å². The van der Waals surface area contributed by atoms with Gasteiger partial charge in [-0.3, -0.25) is 19.2 Å². The van der Waals surface area contributed by atoms with Gasteiger partial charge in [0.15, 0.2) is 0 Å². The van der Waals surface area contributed by atoms with Crippen LogP contribution in [0.2, 0.25) is 0 Å². The van der Waals surface area contributed by atoms with Gasteiger partial charge in [-0.1, -0.05) is 6.92 Å². The highest BCUT2D eigenvalue weighted by atomic mass is 16.6. The number of carbonyl (C=O) groups excluding carboxylic acids is 4. The molecule has 4 unspecified atom stereocenters. The molecule has 0 amide bonds. The zero-order valence-corrected chi connectivity index (χ0v) is 10.5. The van der Waals surface area contributed by atoms with Crippen LogP contribution >= 0.6 is 0 Å². The summed E-state index contributed by atoms with van der Waals surface area (Å²) in [5.41, 5.74) is 0. The molecule has 6 nitrogen and oxygen atoms in total.